The van der Waals surface area contributed by atoms with Crippen LogP contribution in [0.25, 0.3) is 0 Å². The van der Waals surface area contributed by atoms with E-state index < -0.39 is 11.9 Å². The summed E-state index contributed by atoms with van der Waals surface area (Å²) in [5.41, 5.74) is 0.668. The maximum absolute atomic E-state index is 12.8. The standard InChI is InChI=1S/C16H15FO4/c1-20-16(19)15(11-2-6-13(18)7-3-11)10-21-14-8-4-12(17)5-9-14/h2-9,15,18H,10H2,1H3. The molecule has 1 N–H and O–H groups in total. The monoisotopic (exact) mass is 290 g/mol. The van der Waals surface area contributed by atoms with Gasteiger partial charge in [0.25, 0.3) is 0 Å². The number of rotatable bonds is 5. The molecule has 110 valence electrons. The highest BCUT2D eigenvalue weighted by molar-refractivity contribution is 5.78. The van der Waals surface area contributed by atoms with Crippen molar-refractivity contribution in [2.45, 2.75) is 5.92 Å². The minimum absolute atomic E-state index is 0.0586. The molecule has 0 saturated carbocycles. The number of carbonyl (C=O) groups is 1. The van der Waals surface area contributed by atoms with Crippen LogP contribution in [-0.4, -0.2) is 24.8 Å². The molecule has 21 heavy (non-hydrogen) atoms. The number of hydrogen-bond donors (Lipinski definition) is 1. The number of aromatic hydroxyl groups is 1. The van der Waals surface area contributed by atoms with Gasteiger partial charge in [-0.2, -0.15) is 0 Å². The maximum Gasteiger partial charge on any atom is 0.316 e. The topological polar surface area (TPSA) is 55.8 Å². The number of phenols is 1. The van der Waals surface area contributed by atoms with Crippen molar-refractivity contribution in [2.75, 3.05) is 13.7 Å². The Morgan fingerprint density at radius 1 is 1.14 bits per heavy atom. The van der Waals surface area contributed by atoms with E-state index in [2.05, 4.69) is 0 Å². The molecule has 5 heteroatoms. The number of benzene rings is 2. The highest BCUT2D eigenvalue weighted by Gasteiger charge is 2.22. The molecular weight excluding hydrogens is 275 g/mol. The molecule has 0 bridgehead atoms. The first-order valence-electron chi connectivity index (χ1n) is 6.35. The number of ether oxygens (including phenoxy) is 2. The number of hydrogen-bond acceptors (Lipinski definition) is 4. The summed E-state index contributed by atoms with van der Waals surface area (Å²) in [6.07, 6.45) is 0. The van der Waals surface area contributed by atoms with Crippen molar-refractivity contribution < 1.29 is 23.8 Å². The lowest BCUT2D eigenvalue weighted by Gasteiger charge is -2.16. The second-order valence-electron chi connectivity index (χ2n) is 4.43. The van der Waals surface area contributed by atoms with Crippen LogP contribution in [0.2, 0.25) is 0 Å². The molecule has 0 fully saturated rings. The molecule has 0 aromatic heterocycles. The van der Waals surface area contributed by atoms with E-state index in [0.29, 0.717) is 11.3 Å². The summed E-state index contributed by atoms with van der Waals surface area (Å²) < 4.78 is 23.1. The average molecular weight is 290 g/mol. The van der Waals surface area contributed by atoms with Gasteiger partial charge in [0.15, 0.2) is 0 Å². The molecule has 0 aliphatic rings. The van der Waals surface area contributed by atoms with Gasteiger partial charge in [-0.25, -0.2) is 4.39 Å². The summed E-state index contributed by atoms with van der Waals surface area (Å²) in [5.74, 6) is -0.847. The summed E-state index contributed by atoms with van der Waals surface area (Å²) >= 11 is 0. The van der Waals surface area contributed by atoms with Gasteiger partial charge in [0.05, 0.1) is 7.11 Å². The second kappa shape index (κ2) is 6.74. The van der Waals surface area contributed by atoms with E-state index in [4.69, 9.17) is 9.47 Å². The van der Waals surface area contributed by atoms with Crippen molar-refractivity contribution in [3.05, 3.63) is 59.9 Å². The third-order valence-corrected chi connectivity index (χ3v) is 3.01. The van der Waals surface area contributed by atoms with E-state index in [9.17, 15) is 14.3 Å². The fourth-order valence-corrected chi connectivity index (χ4v) is 1.86. The largest absolute Gasteiger partial charge is 0.508 e. The molecule has 2 aromatic rings. The van der Waals surface area contributed by atoms with Gasteiger partial charge in [-0.3, -0.25) is 4.79 Å². The molecule has 2 aromatic carbocycles. The van der Waals surface area contributed by atoms with Crippen LogP contribution in [0, 0.1) is 5.82 Å². The molecule has 0 aliphatic carbocycles. The Morgan fingerprint density at radius 2 is 1.76 bits per heavy atom. The van der Waals surface area contributed by atoms with Gasteiger partial charge in [0.2, 0.25) is 0 Å². The SMILES string of the molecule is COC(=O)C(COc1ccc(F)cc1)c1ccc(O)cc1. The Balaban J connectivity index is 2.11. The smallest absolute Gasteiger partial charge is 0.316 e. The first-order chi connectivity index (χ1) is 10.1. The van der Waals surface area contributed by atoms with Gasteiger partial charge in [-0.15, -0.1) is 0 Å². The molecule has 0 heterocycles. The van der Waals surface area contributed by atoms with Crippen LogP contribution in [0.4, 0.5) is 4.39 Å². The van der Waals surface area contributed by atoms with Gasteiger partial charge in [0, 0.05) is 0 Å². The fraction of sp³-hybridized carbons (Fsp3) is 0.188. The van der Waals surface area contributed by atoms with Crippen LogP contribution in [0.1, 0.15) is 11.5 Å². The zero-order valence-electron chi connectivity index (χ0n) is 11.5. The van der Waals surface area contributed by atoms with Crippen LogP contribution in [0.15, 0.2) is 48.5 Å². The van der Waals surface area contributed by atoms with Crippen LogP contribution in [0.5, 0.6) is 11.5 Å². The Morgan fingerprint density at radius 3 is 2.33 bits per heavy atom. The van der Waals surface area contributed by atoms with Gasteiger partial charge in [-0.1, -0.05) is 12.1 Å². The molecule has 1 atom stereocenters. The van der Waals surface area contributed by atoms with Gasteiger partial charge in [0.1, 0.15) is 29.8 Å². The summed E-state index contributed by atoms with van der Waals surface area (Å²) in [6.45, 7) is 0.0586. The molecule has 2 rings (SSSR count). The molecule has 0 saturated heterocycles. The van der Waals surface area contributed by atoms with Crippen LogP contribution in [0.3, 0.4) is 0 Å². The molecular formula is C16H15FO4. The minimum Gasteiger partial charge on any atom is -0.508 e. The number of esters is 1. The fourth-order valence-electron chi connectivity index (χ4n) is 1.86. The molecule has 0 aliphatic heterocycles. The minimum atomic E-state index is -0.624. The van der Waals surface area contributed by atoms with E-state index in [1.165, 1.54) is 43.5 Å². The van der Waals surface area contributed by atoms with Gasteiger partial charge >= 0.3 is 5.97 Å². The zero-order valence-corrected chi connectivity index (χ0v) is 11.5. The normalized spacial score (nSPS) is 11.7. The highest BCUT2D eigenvalue weighted by Crippen LogP contribution is 2.22. The molecule has 4 nitrogen and oxygen atoms in total. The van der Waals surface area contributed by atoms with Crippen LogP contribution in [-0.2, 0) is 9.53 Å². The number of carbonyl (C=O) groups excluding carboxylic acids is 1. The third-order valence-electron chi connectivity index (χ3n) is 3.01. The van der Waals surface area contributed by atoms with Crippen LogP contribution >= 0.6 is 0 Å². The van der Waals surface area contributed by atoms with Crippen molar-refractivity contribution >= 4 is 5.97 Å². The third kappa shape index (κ3) is 3.95. The van der Waals surface area contributed by atoms with E-state index >= 15 is 0 Å². The lowest BCUT2D eigenvalue weighted by molar-refractivity contribution is -0.143. The summed E-state index contributed by atoms with van der Waals surface area (Å²) in [5, 5.41) is 9.29. The summed E-state index contributed by atoms with van der Waals surface area (Å²) in [4.78, 5) is 11.8. The van der Waals surface area contributed by atoms with Crippen LogP contribution < -0.4 is 4.74 Å². The van der Waals surface area contributed by atoms with Gasteiger partial charge < -0.3 is 14.6 Å². The Bertz CT molecular complexity index is 593. The average Bonchev–Trinajstić information content (AvgIpc) is 2.50. The molecule has 0 amide bonds. The van der Waals surface area contributed by atoms with Crippen molar-refractivity contribution in [3.63, 3.8) is 0 Å². The number of halogens is 1. The van der Waals surface area contributed by atoms with Crippen molar-refractivity contribution in [2.24, 2.45) is 0 Å². The Hall–Kier alpha value is -2.56. The predicted octanol–water partition coefficient (Wildman–Crippen LogP) is 2.87. The second-order valence-corrected chi connectivity index (χ2v) is 4.43. The maximum atomic E-state index is 12.8. The quantitative estimate of drug-likeness (QED) is 0.860. The summed E-state index contributed by atoms with van der Waals surface area (Å²) in [6, 6.07) is 11.8. The van der Waals surface area contributed by atoms with E-state index in [1.807, 2.05) is 0 Å². The molecule has 0 spiro atoms. The highest BCUT2D eigenvalue weighted by atomic mass is 19.1. The van der Waals surface area contributed by atoms with Crippen molar-refractivity contribution in [1.82, 2.24) is 0 Å². The van der Waals surface area contributed by atoms with Crippen molar-refractivity contribution in [3.8, 4) is 11.5 Å². The lowest BCUT2D eigenvalue weighted by atomic mass is 10.00. The first-order valence-corrected chi connectivity index (χ1v) is 6.35. The van der Waals surface area contributed by atoms with E-state index in [1.54, 1.807) is 12.1 Å². The van der Waals surface area contributed by atoms with E-state index in [-0.39, 0.29) is 18.2 Å². The first kappa shape index (κ1) is 14.8. The molecule has 0 radical (unpaired) electrons. The zero-order chi connectivity index (χ0) is 15.2. The van der Waals surface area contributed by atoms with Crippen molar-refractivity contribution in [1.29, 1.82) is 0 Å². The van der Waals surface area contributed by atoms with Gasteiger partial charge in [-0.05, 0) is 42.0 Å². The molecule has 1 unspecified atom stereocenters. The number of methoxy groups -OCH3 is 1. The van der Waals surface area contributed by atoms with E-state index in [0.717, 1.165) is 0 Å². The Kier molecular flexibility index (Phi) is 4.77. The predicted molar refractivity (Wildman–Crippen MR) is 74.8 cm³/mol. The summed E-state index contributed by atoms with van der Waals surface area (Å²) in [7, 11) is 1.30. The number of phenolic OH excluding ortho intramolecular Hbond substituents is 1. The Labute approximate surface area is 121 Å². The lowest BCUT2D eigenvalue weighted by Crippen LogP contribution is -2.21.